The fourth-order valence-corrected chi connectivity index (χ4v) is 2.79. The molecule has 1 aromatic carbocycles. The Morgan fingerprint density at radius 2 is 1.80 bits per heavy atom. The Hall–Kier alpha value is -2.70. The first-order valence-electron chi connectivity index (χ1n) is 8.59. The lowest BCUT2D eigenvalue weighted by Gasteiger charge is -2.11. The molecule has 0 bridgehead atoms. The molecule has 1 aromatic heterocycles. The molecule has 0 atom stereocenters. The van der Waals surface area contributed by atoms with Crippen LogP contribution in [0.1, 0.15) is 51.3 Å². The van der Waals surface area contributed by atoms with Gasteiger partial charge < -0.3 is 15.2 Å². The normalized spacial score (nSPS) is 14.7. The minimum Gasteiger partial charge on any atom is -0.345 e. The van der Waals surface area contributed by atoms with E-state index in [1.165, 1.54) is 0 Å². The number of hydrogen-bond acceptors (Lipinski definition) is 5. The van der Waals surface area contributed by atoms with Crippen LogP contribution in [0.3, 0.4) is 0 Å². The summed E-state index contributed by atoms with van der Waals surface area (Å²) in [6.45, 7) is 3.98. The number of nitrogens with zero attached hydrogens (tertiary/aromatic N) is 2. The van der Waals surface area contributed by atoms with Crippen LogP contribution in [0.25, 0.3) is 11.5 Å². The number of carbonyl (C=O) groups is 2. The molecule has 0 aliphatic heterocycles. The molecule has 1 fully saturated rings. The third kappa shape index (κ3) is 4.23. The maximum atomic E-state index is 12.0. The molecule has 2 N–H and O–H groups in total. The lowest BCUT2D eigenvalue weighted by atomic mass is 10.2. The molecule has 3 rings (SSSR count). The Labute approximate surface area is 146 Å². The predicted molar refractivity (Wildman–Crippen MR) is 92.9 cm³/mol. The number of hydrogen-bond donors (Lipinski definition) is 2. The molecular weight excluding hydrogens is 320 g/mol. The quantitative estimate of drug-likeness (QED) is 0.833. The van der Waals surface area contributed by atoms with E-state index in [0.717, 1.165) is 31.2 Å². The molecule has 7 heteroatoms. The zero-order chi connectivity index (χ0) is 17.8. The molecule has 2 amide bonds. The summed E-state index contributed by atoms with van der Waals surface area (Å²) in [4.78, 5) is 28.2. The number of nitrogens with one attached hydrogen (secondary N) is 2. The van der Waals surface area contributed by atoms with E-state index in [2.05, 4.69) is 20.8 Å². The standard InChI is InChI=1S/C18H22N4O3/c1-11(2)15-21-18(25-22-15)12-7-9-14(10-8-12)20-17(24)16(23)19-13-5-3-4-6-13/h7-11,13H,3-6H2,1-2H3,(H,19,23)(H,20,24). The van der Waals surface area contributed by atoms with Crippen molar-refractivity contribution in [2.75, 3.05) is 5.32 Å². The van der Waals surface area contributed by atoms with Crippen LogP contribution < -0.4 is 10.6 Å². The van der Waals surface area contributed by atoms with E-state index < -0.39 is 11.8 Å². The number of carbonyl (C=O) groups excluding carboxylic acids is 2. The number of benzene rings is 1. The fourth-order valence-electron chi connectivity index (χ4n) is 2.79. The number of amides is 2. The van der Waals surface area contributed by atoms with Gasteiger partial charge in [-0.1, -0.05) is 31.8 Å². The molecule has 1 aliphatic carbocycles. The number of aromatic nitrogens is 2. The minimum absolute atomic E-state index is 0.119. The van der Waals surface area contributed by atoms with E-state index in [0.29, 0.717) is 17.4 Å². The first-order valence-corrected chi connectivity index (χ1v) is 8.59. The molecule has 0 unspecified atom stereocenters. The number of anilines is 1. The average Bonchev–Trinajstić information content (AvgIpc) is 3.27. The largest absolute Gasteiger partial charge is 0.345 e. The maximum Gasteiger partial charge on any atom is 0.313 e. The van der Waals surface area contributed by atoms with E-state index in [4.69, 9.17) is 4.52 Å². The fraction of sp³-hybridized carbons (Fsp3) is 0.444. The van der Waals surface area contributed by atoms with Gasteiger partial charge in [0.1, 0.15) is 0 Å². The van der Waals surface area contributed by atoms with Gasteiger partial charge in [0, 0.05) is 23.2 Å². The highest BCUT2D eigenvalue weighted by atomic mass is 16.5. The van der Waals surface area contributed by atoms with Crippen LogP contribution in [0.4, 0.5) is 5.69 Å². The SMILES string of the molecule is CC(C)c1noc(-c2ccc(NC(=O)C(=O)NC3CCCC3)cc2)n1. The summed E-state index contributed by atoms with van der Waals surface area (Å²) in [7, 11) is 0. The summed E-state index contributed by atoms with van der Waals surface area (Å²) < 4.78 is 5.23. The highest BCUT2D eigenvalue weighted by Gasteiger charge is 2.21. The van der Waals surface area contributed by atoms with E-state index in [1.807, 2.05) is 13.8 Å². The first-order chi connectivity index (χ1) is 12.0. The highest BCUT2D eigenvalue weighted by Crippen LogP contribution is 2.22. The zero-order valence-corrected chi connectivity index (χ0v) is 14.4. The van der Waals surface area contributed by atoms with Crippen LogP contribution in [-0.2, 0) is 9.59 Å². The van der Waals surface area contributed by atoms with Crippen molar-refractivity contribution in [1.29, 1.82) is 0 Å². The van der Waals surface area contributed by atoms with Crippen molar-refractivity contribution in [3.05, 3.63) is 30.1 Å². The van der Waals surface area contributed by atoms with Gasteiger partial charge in [-0.05, 0) is 37.1 Å². The van der Waals surface area contributed by atoms with Crippen molar-refractivity contribution in [1.82, 2.24) is 15.5 Å². The maximum absolute atomic E-state index is 12.0. The summed E-state index contributed by atoms with van der Waals surface area (Å²) in [5, 5.41) is 9.29. The second-order valence-corrected chi connectivity index (χ2v) is 6.60. The second kappa shape index (κ2) is 7.46. The molecule has 7 nitrogen and oxygen atoms in total. The lowest BCUT2D eigenvalue weighted by Crippen LogP contribution is -2.40. The van der Waals surface area contributed by atoms with E-state index >= 15 is 0 Å². The van der Waals surface area contributed by atoms with E-state index in [-0.39, 0.29) is 12.0 Å². The van der Waals surface area contributed by atoms with Crippen LogP contribution in [0.15, 0.2) is 28.8 Å². The van der Waals surface area contributed by atoms with Gasteiger partial charge in [0.05, 0.1) is 0 Å². The molecule has 0 spiro atoms. The van der Waals surface area contributed by atoms with Crippen LogP contribution in [-0.4, -0.2) is 28.0 Å². The first kappa shape index (κ1) is 17.1. The van der Waals surface area contributed by atoms with Gasteiger partial charge in [-0.3, -0.25) is 9.59 Å². The molecule has 1 heterocycles. The van der Waals surface area contributed by atoms with Gasteiger partial charge in [0.25, 0.3) is 5.89 Å². The summed E-state index contributed by atoms with van der Waals surface area (Å²) >= 11 is 0. The Morgan fingerprint density at radius 1 is 1.12 bits per heavy atom. The van der Waals surface area contributed by atoms with Gasteiger partial charge in [-0.2, -0.15) is 4.98 Å². The molecule has 1 saturated carbocycles. The molecule has 132 valence electrons. The molecular formula is C18H22N4O3. The molecule has 2 aromatic rings. The van der Waals surface area contributed by atoms with Crippen molar-refractivity contribution in [2.24, 2.45) is 0 Å². The average molecular weight is 342 g/mol. The van der Waals surface area contributed by atoms with Gasteiger partial charge in [0.2, 0.25) is 0 Å². The minimum atomic E-state index is -0.653. The lowest BCUT2D eigenvalue weighted by molar-refractivity contribution is -0.136. The summed E-state index contributed by atoms with van der Waals surface area (Å²) in [6, 6.07) is 7.06. The van der Waals surface area contributed by atoms with E-state index in [1.54, 1.807) is 24.3 Å². The van der Waals surface area contributed by atoms with Crippen molar-refractivity contribution in [3.63, 3.8) is 0 Å². The third-order valence-corrected chi connectivity index (χ3v) is 4.24. The second-order valence-electron chi connectivity index (χ2n) is 6.60. The topological polar surface area (TPSA) is 97.1 Å². The Kier molecular flexibility index (Phi) is 5.11. The Bertz CT molecular complexity index is 746. The summed E-state index contributed by atoms with van der Waals surface area (Å²) in [5.74, 6) is 0.0277. The van der Waals surface area contributed by atoms with Crippen LogP contribution >= 0.6 is 0 Å². The smallest absolute Gasteiger partial charge is 0.313 e. The van der Waals surface area contributed by atoms with Crippen LogP contribution in [0.2, 0.25) is 0 Å². The predicted octanol–water partition coefficient (Wildman–Crippen LogP) is 2.86. The summed E-state index contributed by atoms with van der Waals surface area (Å²) in [6.07, 6.45) is 4.08. The van der Waals surface area contributed by atoms with Crippen LogP contribution in [0.5, 0.6) is 0 Å². The number of rotatable bonds is 4. The highest BCUT2D eigenvalue weighted by molar-refractivity contribution is 6.39. The zero-order valence-electron chi connectivity index (χ0n) is 14.4. The molecule has 0 saturated heterocycles. The molecule has 25 heavy (non-hydrogen) atoms. The molecule has 1 aliphatic rings. The van der Waals surface area contributed by atoms with E-state index in [9.17, 15) is 9.59 Å². The van der Waals surface area contributed by atoms with Crippen molar-refractivity contribution in [3.8, 4) is 11.5 Å². The third-order valence-electron chi connectivity index (χ3n) is 4.24. The summed E-state index contributed by atoms with van der Waals surface area (Å²) in [5.41, 5.74) is 1.30. The van der Waals surface area contributed by atoms with Gasteiger partial charge in [-0.25, -0.2) is 0 Å². The van der Waals surface area contributed by atoms with Crippen molar-refractivity contribution < 1.29 is 14.1 Å². The van der Waals surface area contributed by atoms with Crippen LogP contribution in [0, 0.1) is 0 Å². The molecule has 0 radical (unpaired) electrons. The Morgan fingerprint density at radius 3 is 2.40 bits per heavy atom. The van der Waals surface area contributed by atoms with Gasteiger partial charge >= 0.3 is 11.8 Å². The van der Waals surface area contributed by atoms with Gasteiger partial charge in [0.15, 0.2) is 5.82 Å². The van der Waals surface area contributed by atoms with Crippen molar-refractivity contribution in [2.45, 2.75) is 51.5 Å². The van der Waals surface area contributed by atoms with Gasteiger partial charge in [-0.15, -0.1) is 0 Å². The van der Waals surface area contributed by atoms with Crippen molar-refractivity contribution >= 4 is 17.5 Å². The monoisotopic (exact) mass is 342 g/mol. The Balaban J connectivity index is 1.59.